The third kappa shape index (κ3) is 3.46. The fourth-order valence-corrected chi connectivity index (χ4v) is 2.92. The first-order valence-corrected chi connectivity index (χ1v) is 7.13. The number of hydrogen-bond donors (Lipinski definition) is 1. The molecule has 0 radical (unpaired) electrons. The molecule has 4 nitrogen and oxygen atoms in total. The van der Waals surface area contributed by atoms with Gasteiger partial charge < -0.3 is 10.1 Å². The Balaban J connectivity index is 1.85. The third-order valence-electron chi connectivity index (χ3n) is 4.03. The summed E-state index contributed by atoms with van der Waals surface area (Å²) in [5.74, 6) is 0.239. The van der Waals surface area contributed by atoms with Gasteiger partial charge in [0, 0.05) is 6.61 Å². The number of ether oxygens (including phenoxy) is 1. The number of amides is 1. The number of carbonyl (C=O) groups excluding carboxylic acids is 1. The molecule has 100 valence electrons. The van der Waals surface area contributed by atoms with Crippen molar-refractivity contribution in [1.29, 1.82) is 5.26 Å². The Hall–Kier alpha value is -1.08. The molecule has 1 heterocycles. The van der Waals surface area contributed by atoms with Crippen molar-refractivity contribution in [2.75, 3.05) is 6.61 Å². The van der Waals surface area contributed by atoms with E-state index in [0.717, 1.165) is 32.1 Å². The van der Waals surface area contributed by atoms with Crippen molar-refractivity contribution in [3.8, 4) is 6.07 Å². The Labute approximate surface area is 109 Å². The van der Waals surface area contributed by atoms with Crippen LogP contribution in [-0.2, 0) is 9.53 Å². The molecular formula is C14H22N2O2. The lowest BCUT2D eigenvalue weighted by atomic mass is 9.84. The van der Waals surface area contributed by atoms with E-state index in [1.807, 2.05) is 0 Å². The molecule has 1 amide bonds. The van der Waals surface area contributed by atoms with Gasteiger partial charge in [0.2, 0.25) is 5.91 Å². The van der Waals surface area contributed by atoms with Crippen LogP contribution in [0, 0.1) is 17.2 Å². The molecule has 2 unspecified atom stereocenters. The maximum atomic E-state index is 12.0. The van der Waals surface area contributed by atoms with Gasteiger partial charge in [-0.2, -0.15) is 5.26 Å². The molecule has 1 aliphatic carbocycles. The van der Waals surface area contributed by atoms with Gasteiger partial charge in [0.25, 0.3) is 0 Å². The summed E-state index contributed by atoms with van der Waals surface area (Å²) in [7, 11) is 0. The first-order chi connectivity index (χ1) is 8.81. The van der Waals surface area contributed by atoms with Crippen LogP contribution in [0.25, 0.3) is 0 Å². The maximum absolute atomic E-state index is 12.0. The lowest BCUT2D eigenvalue weighted by Gasteiger charge is -2.28. The predicted octanol–water partition coefficient (Wildman–Crippen LogP) is 2.14. The Kier molecular flexibility index (Phi) is 5.00. The van der Waals surface area contributed by atoms with Crippen molar-refractivity contribution in [3.05, 3.63) is 0 Å². The van der Waals surface area contributed by atoms with Gasteiger partial charge in [-0.1, -0.05) is 19.3 Å². The van der Waals surface area contributed by atoms with Crippen LogP contribution in [0.4, 0.5) is 0 Å². The molecular weight excluding hydrogens is 228 g/mol. The van der Waals surface area contributed by atoms with Crippen molar-refractivity contribution < 1.29 is 9.53 Å². The summed E-state index contributed by atoms with van der Waals surface area (Å²) in [6, 6.07) is 1.92. The van der Waals surface area contributed by atoms with E-state index in [4.69, 9.17) is 4.74 Å². The quantitative estimate of drug-likeness (QED) is 0.834. The minimum Gasteiger partial charge on any atom is -0.368 e. The number of rotatable bonds is 3. The highest BCUT2D eigenvalue weighted by atomic mass is 16.5. The van der Waals surface area contributed by atoms with Crippen molar-refractivity contribution in [2.45, 2.75) is 63.5 Å². The Morgan fingerprint density at radius 3 is 2.50 bits per heavy atom. The highest BCUT2D eigenvalue weighted by molar-refractivity contribution is 5.81. The molecule has 2 atom stereocenters. The van der Waals surface area contributed by atoms with Crippen LogP contribution in [-0.4, -0.2) is 24.7 Å². The third-order valence-corrected chi connectivity index (χ3v) is 4.03. The van der Waals surface area contributed by atoms with Crippen LogP contribution in [0.1, 0.15) is 51.4 Å². The molecule has 0 aromatic heterocycles. The van der Waals surface area contributed by atoms with E-state index in [2.05, 4.69) is 11.4 Å². The average Bonchev–Trinajstić information content (AvgIpc) is 2.46. The largest absolute Gasteiger partial charge is 0.368 e. The number of carbonyl (C=O) groups is 1. The molecule has 2 rings (SSSR count). The number of nitrogens with zero attached hydrogens (tertiary/aromatic N) is 1. The van der Waals surface area contributed by atoms with Crippen molar-refractivity contribution in [1.82, 2.24) is 5.32 Å². The second kappa shape index (κ2) is 6.75. The highest BCUT2D eigenvalue weighted by Gasteiger charge is 2.28. The van der Waals surface area contributed by atoms with Crippen LogP contribution in [0.5, 0.6) is 0 Å². The summed E-state index contributed by atoms with van der Waals surface area (Å²) >= 11 is 0. The summed E-state index contributed by atoms with van der Waals surface area (Å²) in [5, 5.41) is 12.1. The van der Waals surface area contributed by atoms with Gasteiger partial charge in [-0.25, -0.2) is 0 Å². The molecule has 0 spiro atoms. The molecule has 1 saturated carbocycles. The van der Waals surface area contributed by atoms with Crippen molar-refractivity contribution in [2.24, 2.45) is 5.92 Å². The summed E-state index contributed by atoms with van der Waals surface area (Å²) < 4.78 is 5.45. The SMILES string of the molecule is N#CC(NC(=O)C1CCCCO1)C1CCCCC1. The van der Waals surface area contributed by atoms with Crippen LogP contribution < -0.4 is 5.32 Å². The van der Waals surface area contributed by atoms with E-state index in [1.165, 1.54) is 19.3 Å². The van der Waals surface area contributed by atoms with E-state index in [9.17, 15) is 10.1 Å². The second-order valence-corrected chi connectivity index (χ2v) is 5.37. The predicted molar refractivity (Wildman–Crippen MR) is 67.7 cm³/mol. The zero-order chi connectivity index (χ0) is 12.8. The van der Waals surface area contributed by atoms with E-state index < -0.39 is 0 Å². The van der Waals surface area contributed by atoms with Gasteiger partial charge in [0.15, 0.2) is 0 Å². The Morgan fingerprint density at radius 1 is 1.17 bits per heavy atom. The minimum atomic E-state index is -0.335. The monoisotopic (exact) mass is 250 g/mol. The summed E-state index contributed by atoms with van der Waals surface area (Å²) in [6.07, 6.45) is 8.26. The topological polar surface area (TPSA) is 62.1 Å². The van der Waals surface area contributed by atoms with E-state index in [-0.39, 0.29) is 18.1 Å². The van der Waals surface area contributed by atoms with Crippen LogP contribution in [0.2, 0.25) is 0 Å². The molecule has 0 bridgehead atoms. The molecule has 1 saturated heterocycles. The maximum Gasteiger partial charge on any atom is 0.250 e. The Morgan fingerprint density at radius 2 is 1.89 bits per heavy atom. The molecule has 1 N–H and O–H groups in total. The fraction of sp³-hybridized carbons (Fsp3) is 0.857. The van der Waals surface area contributed by atoms with Gasteiger partial charge in [-0.15, -0.1) is 0 Å². The van der Waals surface area contributed by atoms with Crippen molar-refractivity contribution in [3.63, 3.8) is 0 Å². The molecule has 18 heavy (non-hydrogen) atoms. The molecule has 2 fully saturated rings. The number of nitriles is 1. The minimum absolute atomic E-state index is 0.0909. The molecule has 4 heteroatoms. The molecule has 2 aliphatic rings. The van der Waals surface area contributed by atoms with Gasteiger partial charge in [0.1, 0.15) is 12.1 Å². The highest BCUT2D eigenvalue weighted by Crippen LogP contribution is 2.26. The van der Waals surface area contributed by atoms with Crippen LogP contribution in [0.15, 0.2) is 0 Å². The molecule has 1 aliphatic heterocycles. The zero-order valence-electron chi connectivity index (χ0n) is 10.9. The normalized spacial score (nSPS) is 27.2. The summed E-state index contributed by atoms with van der Waals surface area (Å²) in [5.41, 5.74) is 0. The van der Waals surface area contributed by atoms with Crippen LogP contribution in [0.3, 0.4) is 0 Å². The van der Waals surface area contributed by atoms with Crippen molar-refractivity contribution >= 4 is 5.91 Å². The molecule has 0 aromatic rings. The molecule has 0 aromatic carbocycles. The van der Waals surface area contributed by atoms with E-state index in [1.54, 1.807) is 0 Å². The average molecular weight is 250 g/mol. The van der Waals surface area contributed by atoms with Gasteiger partial charge in [-0.3, -0.25) is 4.79 Å². The first kappa shape index (κ1) is 13.4. The summed E-state index contributed by atoms with van der Waals surface area (Å²) in [6.45, 7) is 0.665. The lowest BCUT2D eigenvalue weighted by Crippen LogP contribution is -2.46. The van der Waals surface area contributed by atoms with Crippen LogP contribution >= 0.6 is 0 Å². The number of hydrogen-bond acceptors (Lipinski definition) is 3. The van der Waals surface area contributed by atoms with E-state index in [0.29, 0.717) is 12.5 Å². The standard InChI is InChI=1S/C14H22N2O2/c15-10-12(11-6-2-1-3-7-11)16-14(17)13-8-4-5-9-18-13/h11-13H,1-9H2,(H,16,17). The van der Waals surface area contributed by atoms with E-state index >= 15 is 0 Å². The fourth-order valence-electron chi connectivity index (χ4n) is 2.92. The van der Waals surface area contributed by atoms with Gasteiger partial charge in [-0.05, 0) is 38.0 Å². The zero-order valence-corrected chi connectivity index (χ0v) is 10.9. The smallest absolute Gasteiger partial charge is 0.250 e. The Bertz CT molecular complexity index is 312. The number of nitrogens with one attached hydrogen (secondary N) is 1. The summed E-state index contributed by atoms with van der Waals surface area (Å²) in [4.78, 5) is 12.0. The first-order valence-electron chi connectivity index (χ1n) is 7.13. The van der Waals surface area contributed by atoms with Gasteiger partial charge >= 0.3 is 0 Å². The lowest BCUT2D eigenvalue weighted by molar-refractivity contribution is -0.136. The second-order valence-electron chi connectivity index (χ2n) is 5.37. The van der Waals surface area contributed by atoms with Gasteiger partial charge in [0.05, 0.1) is 6.07 Å².